The van der Waals surface area contributed by atoms with Gasteiger partial charge in [-0.05, 0) is 59.2 Å². The third-order valence-electron chi connectivity index (χ3n) is 7.06. The molecule has 190 valence electrons. The molecule has 0 atom stereocenters. The molecule has 1 aromatic carbocycles. The fourth-order valence-electron chi connectivity index (χ4n) is 4.89. The van der Waals surface area contributed by atoms with Gasteiger partial charge in [-0.1, -0.05) is 17.7 Å². The molecule has 0 aliphatic carbocycles. The van der Waals surface area contributed by atoms with E-state index in [9.17, 15) is 4.79 Å². The van der Waals surface area contributed by atoms with Gasteiger partial charge in [0.2, 0.25) is 0 Å². The van der Waals surface area contributed by atoms with Crippen LogP contribution in [0.4, 0.5) is 5.82 Å². The van der Waals surface area contributed by atoms with Gasteiger partial charge >= 0.3 is 0 Å². The highest BCUT2D eigenvalue weighted by molar-refractivity contribution is 6.30. The maximum Gasteiger partial charge on any atom is 0.254 e. The van der Waals surface area contributed by atoms with Crippen molar-refractivity contribution in [2.24, 2.45) is 5.41 Å². The normalized spacial score (nSPS) is 16.2. The van der Waals surface area contributed by atoms with Gasteiger partial charge in [-0.15, -0.1) is 5.10 Å². The van der Waals surface area contributed by atoms with Gasteiger partial charge in [0.05, 0.1) is 37.2 Å². The number of pyridine rings is 1. The first-order valence-corrected chi connectivity index (χ1v) is 12.5. The number of hydrogen-bond acceptors (Lipinski definition) is 8. The number of carbonyl (C=O) groups is 1. The monoisotopic (exact) mass is 519 g/mol. The van der Waals surface area contributed by atoms with Crippen LogP contribution in [-0.4, -0.2) is 67.2 Å². The lowest BCUT2D eigenvalue weighted by Gasteiger charge is -2.37. The van der Waals surface area contributed by atoms with Gasteiger partial charge in [0.25, 0.3) is 5.91 Å². The van der Waals surface area contributed by atoms with E-state index < -0.39 is 0 Å². The average Bonchev–Trinajstić information content (AvgIpc) is 3.64. The minimum Gasteiger partial charge on any atom is -0.380 e. The molecule has 1 amide bonds. The number of amides is 1. The molecule has 6 rings (SSSR count). The Balaban J connectivity index is 1.09. The summed E-state index contributed by atoms with van der Waals surface area (Å²) in [7, 11) is 0. The fourth-order valence-corrected chi connectivity index (χ4v) is 5.08. The first-order valence-electron chi connectivity index (χ1n) is 12.1. The number of aromatic nitrogens is 7. The summed E-state index contributed by atoms with van der Waals surface area (Å²) in [5.41, 5.74) is 4.34. The van der Waals surface area contributed by atoms with Gasteiger partial charge in [-0.3, -0.25) is 9.48 Å². The van der Waals surface area contributed by atoms with Crippen molar-refractivity contribution in [3.8, 4) is 5.69 Å². The quantitative estimate of drug-likeness (QED) is 0.396. The number of nitrogens with zero attached hydrogens (tertiary/aromatic N) is 8. The molecular weight excluding hydrogens is 494 g/mol. The second kappa shape index (κ2) is 9.56. The minimum absolute atomic E-state index is 0.234. The van der Waals surface area contributed by atoms with Gasteiger partial charge in [-0.2, -0.15) is 5.10 Å². The number of halogens is 1. The van der Waals surface area contributed by atoms with E-state index in [1.54, 1.807) is 29.2 Å². The van der Waals surface area contributed by atoms with E-state index in [1.807, 2.05) is 13.0 Å². The smallest absolute Gasteiger partial charge is 0.254 e. The second-order valence-electron chi connectivity index (χ2n) is 9.72. The Morgan fingerprint density at radius 2 is 2.11 bits per heavy atom. The van der Waals surface area contributed by atoms with Gasteiger partial charge in [0, 0.05) is 42.0 Å². The molecule has 12 heteroatoms. The van der Waals surface area contributed by atoms with Crippen molar-refractivity contribution < 1.29 is 9.53 Å². The lowest BCUT2D eigenvalue weighted by molar-refractivity contribution is -0.0985. The first-order chi connectivity index (χ1) is 18.0. The maximum atomic E-state index is 12.8. The number of tetrazole rings is 1. The molecule has 2 aliphatic heterocycles. The van der Waals surface area contributed by atoms with Gasteiger partial charge in [0.1, 0.15) is 12.1 Å². The summed E-state index contributed by atoms with van der Waals surface area (Å²) in [5, 5.41) is 19.2. The molecule has 2 aliphatic rings. The van der Waals surface area contributed by atoms with Crippen molar-refractivity contribution in [1.29, 1.82) is 0 Å². The molecule has 2 fully saturated rings. The lowest BCUT2D eigenvalue weighted by Crippen LogP contribution is -2.44. The van der Waals surface area contributed by atoms with Crippen LogP contribution in [0.3, 0.4) is 0 Å². The molecular formula is C25H26ClN9O2. The Morgan fingerprint density at radius 1 is 1.22 bits per heavy atom. The van der Waals surface area contributed by atoms with Crippen LogP contribution in [0, 0.1) is 12.3 Å². The van der Waals surface area contributed by atoms with Crippen LogP contribution in [0.2, 0.25) is 5.02 Å². The van der Waals surface area contributed by atoms with Crippen molar-refractivity contribution in [1.82, 2.24) is 40.3 Å². The average molecular weight is 520 g/mol. The van der Waals surface area contributed by atoms with Crippen molar-refractivity contribution in [2.45, 2.75) is 26.4 Å². The number of carbonyl (C=O) groups excluding carboxylic acids is 1. The van der Waals surface area contributed by atoms with E-state index in [2.05, 4.69) is 43.0 Å². The number of hydrogen-bond donors (Lipinski definition) is 1. The van der Waals surface area contributed by atoms with Crippen molar-refractivity contribution in [2.75, 3.05) is 31.2 Å². The van der Waals surface area contributed by atoms with E-state index in [4.69, 9.17) is 21.3 Å². The SMILES string of the molecule is Cc1nc(N2CCC3(COC3)C2)ccc1Cn1cc(C(=O)NCc2cc(Cl)ccc2-n2cnnn2)cn1. The van der Waals surface area contributed by atoms with Crippen molar-refractivity contribution >= 4 is 23.3 Å². The molecule has 0 unspecified atom stereocenters. The molecule has 0 radical (unpaired) electrons. The molecule has 4 aromatic rings. The van der Waals surface area contributed by atoms with Crippen molar-refractivity contribution in [3.05, 3.63) is 76.5 Å². The predicted molar refractivity (Wildman–Crippen MR) is 136 cm³/mol. The van der Waals surface area contributed by atoms with Gasteiger partial charge in [-0.25, -0.2) is 9.67 Å². The van der Waals surface area contributed by atoms with E-state index in [1.165, 1.54) is 11.0 Å². The van der Waals surface area contributed by atoms with Crippen molar-refractivity contribution in [3.63, 3.8) is 0 Å². The molecule has 1 spiro atoms. The number of anilines is 1. The Hall–Kier alpha value is -3.83. The Labute approximate surface area is 218 Å². The van der Waals surface area contributed by atoms with Gasteiger partial charge in [0.15, 0.2) is 0 Å². The Kier molecular flexibility index (Phi) is 6.09. The number of nitrogens with one attached hydrogen (secondary N) is 1. The molecule has 0 saturated carbocycles. The zero-order valence-electron chi connectivity index (χ0n) is 20.3. The molecule has 0 bridgehead atoms. The molecule has 37 heavy (non-hydrogen) atoms. The summed E-state index contributed by atoms with van der Waals surface area (Å²) in [6.07, 6.45) is 5.96. The standard InChI is InChI=1S/C25H26ClN9O2/c1-17-18(2-5-23(30-17)33-7-6-25(13-33)14-37-15-25)11-34-12-20(10-29-34)24(36)27-9-19-8-21(26)3-4-22(19)35-16-28-31-32-35/h2-5,8,10,12,16H,6-7,9,11,13-15H2,1H3,(H,27,36). The van der Waals surface area contributed by atoms with Crippen LogP contribution in [-0.2, 0) is 17.8 Å². The highest BCUT2D eigenvalue weighted by Crippen LogP contribution is 2.39. The number of rotatable bonds is 7. The highest BCUT2D eigenvalue weighted by atomic mass is 35.5. The number of benzene rings is 1. The third kappa shape index (κ3) is 4.79. The summed E-state index contributed by atoms with van der Waals surface area (Å²) in [5.74, 6) is 0.773. The van der Waals surface area contributed by atoms with E-state index in [-0.39, 0.29) is 12.5 Å². The zero-order valence-corrected chi connectivity index (χ0v) is 21.1. The second-order valence-corrected chi connectivity index (χ2v) is 10.2. The summed E-state index contributed by atoms with van der Waals surface area (Å²) < 4.78 is 8.72. The Morgan fingerprint density at radius 3 is 2.84 bits per heavy atom. The highest BCUT2D eigenvalue weighted by Gasteiger charge is 2.44. The van der Waals surface area contributed by atoms with E-state index in [0.29, 0.717) is 22.5 Å². The van der Waals surface area contributed by atoms with Crippen LogP contribution in [0.15, 0.2) is 49.1 Å². The van der Waals surface area contributed by atoms with Crippen LogP contribution in [0.25, 0.3) is 5.69 Å². The van der Waals surface area contributed by atoms with Crippen LogP contribution in [0.1, 0.15) is 33.6 Å². The molecule has 3 aromatic heterocycles. The minimum atomic E-state index is -0.234. The number of ether oxygens (including phenoxy) is 1. The lowest BCUT2D eigenvalue weighted by atomic mass is 9.85. The number of aryl methyl sites for hydroxylation is 1. The molecule has 2 saturated heterocycles. The molecule has 5 heterocycles. The molecule has 11 nitrogen and oxygen atoms in total. The fraction of sp³-hybridized carbons (Fsp3) is 0.360. The first kappa shape index (κ1) is 23.6. The topological polar surface area (TPSA) is 116 Å². The molecule has 1 N–H and O–H groups in total. The Bertz CT molecular complexity index is 1430. The summed E-state index contributed by atoms with van der Waals surface area (Å²) in [6, 6.07) is 9.52. The van der Waals surface area contributed by atoms with Gasteiger partial charge < -0.3 is 15.0 Å². The maximum absolute atomic E-state index is 12.8. The summed E-state index contributed by atoms with van der Waals surface area (Å²) >= 11 is 6.17. The van der Waals surface area contributed by atoms with Crippen LogP contribution < -0.4 is 10.2 Å². The van der Waals surface area contributed by atoms with E-state index >= 15 is 0 Å². The summed E-state index contributed by atoms with van der Waals surface area (Å²) in [4.78, 5) is 20.0. The predicted octanol–water partition coefficient (Wildman–Crippen LogP) is 2.42. The zero-order chi connectivity index (χ0) is 25.4. The van der Waals surface area contributed by atoms with E-state index in [0.717, 1.165) is 61.1 Å². The largest absolute Gasteiger partial charge is 0.380 e. The van der Waals surface area contributed by atoms with Crippen LogP contribution in [0.5, 0.6) is 0 Å². The summed E-state index contributed by atoms with van der Waals surface area (Å²) in [6.45, 7) is 6.53. The van der Waals surface area contributed by atoms with Crippen LogP contribution >= 0.6 is 11.6 Å². The third-order valence-corrected chi connectivity index (χ3v) is 7.30.